The highest BCUT2D eigenvalue weighted by Crippen LogP contribution is 2.27. The fourth-order valence-corrected chi connectivity index (χ4v) is 4.64. The number of hydrogen-bond acceptors (Lipinski definition) is 5. The van der Waals surface area contributed by atoms with Crippen molar-refractivity contribution >= 4 is 40.2 Å². The highest BCUT2D eigenvalue weighted by molar-refractivity contribution is 8.00. The molecule has 4 aromatic rings. The van der Waals surface area contributed by atoms with Crippen LogP contribution in [0.2, 0.25) is 5.02 Å². The number of halogens is 1. The minimum Gasteiger partial charge on any atom is -0.497 e. The summed E-state index contributed by atoms with van der Waals surface area (Å²) in [6.07, 6.45) is 0. The molecule has 0 radical (unpaired) electrons. The fraction of sp³-hybridized carbons (Fsp3) is 0.192. The molecular weight excluding hydrogens is 470 g/mol. The number of rotatable bonds is 7. The van der Waals surface area contributed by atoms with Gasteiger partial charge in [-0.3, -0.25) is 14.2 Å². The number of hydrogen-bond donors (Lipinski definition) is 1. The van der Waals surface area contributed by atoms with Crippen molar-refractivity contribution in [3.63, 3.8) is 0 Å². The predicted octanol–water partition coefficient (Wildman–Crippen LogP) is 5.15. The molecule has 1 aromatic heterocycles. The van der Waals surface area contributed by atoms with Gasteiger partial charge in [0.15, 0.2) is 5.16 Å². The van der Waals surface area contributed by atoms with Crippen molar-refractivity contribution in [2.45, 2.75) is 30.8 Å². The maximum absolute atomic E-state index is 13.5. The van der Waals surface area contributed by atoms with E-state index in [1.165, 1.54) is 11.8 Å². The van der Waals surface area contributed by atoms with Gasteiger partial charge in [0.2, 0.25) is 5.91 Å². The number of ether oxygens (including phenoxy) is 1. The zero-order chi connectivity index (χ0) is 24.2. The maximum Gasteiger partial charge on any atom is 0.266 e. The van der Waals surface area contributed by atoms with E-state index in [4.69, 9.17) is 21.3 Å². The molecule has 174 valence electrons. The van der Waals surface area contributed by atoms with Gasteiger partial charge in [0.25, 0.3) is 5.56 Å². The number of para-hydroxylation sites is 1. The summed E-state index contributed by atoms with van der Waals surface area (Å²) >= 11 is 7.39. The smallest absolute Gasteiger partial charge is 0.266 e. The number of benzene rings is 3. The van der Waals surface area contributed by atoms with E-state index < -0.39 is 5.25 Å². The zero-order valence-electron chi connectivity index (χ0n) is 19.0. The second kappa shape index (κ2) is 10.3. The first kappa shape index (κ1) is 23.9. The van der Waals surface area contributed by atoms with Crippen LogP contribution < -0.4 is 15.6 Å². The standard InChI is InChI=1S/C26H24ClN3O3S/c1-16-6-4-5-7-23(16)30-25(32)21-13-10-19(27)14-22(21)29-26(30)34-17(2)24(31)28-15-18-8-11-20(33-3)12-9-18/h4-14,17H,15H2,1-3H3,(H,28,31). The largest absolute Gasteiger partial charge is 0.497 e. The Kier molecular flexibility index (Phi) is 7.24. The third-order valence-electron chi connectivity index (χ3n) is 5.43. The summed E-state index contributed by atoms with van der Waals surface area (Å²) in [6.45, 7) is 4.12. The Labute approximate surface area is 206 Å². The summed E-state index contributed by atoms with van der Waals surface area (Å²) in [6, 6.07) is 20.1. The summed E-state index contributed by atoms with van der Waals surface area (Å²) < 4.78 is 6.74. The molecule has 0 aliphatic carbocycles. The van der Waals surface area contributed by atoms with Crippen LogP contribution in [-0.2, 0) is 11.3 Å². The van der Waals surface area contributed by atoms with Gasteiger partial charge in [0.05, 0.1) is 29.0 Å². The lowest BCUT2D eigenvalue weighted by Gasteiger charge is -2.18. The number of methoxy groups -OCH3 is 1. The molecule has 6 nitrogen and oxygen atoms in total. The van der Waals surface area contributed by atoms with Gasteiger partial charge < -0.3 is 10.1 Å². The maximum atomic E-state index is 13.5. The van der Waals surface area contributed by atoms with Crippen molar-refractivity contribution in [1.82, 2.24) is 14.9 Å². The van der Waals surface area contributed by atoms with Crippen LogP contribution in [0.3, 0.4) is 0 Å². The number of nitrogens with zero attached hydrogens (tertiary/aromatic N) is 2. The lowest BCUT2D eigenvalue weighted by Crippen LogP contribution is -2.31. The summed E-state index contributed by atoms with van der Waals surface area (Å²) in [7, 11) is 1.61. The molecule has 0 aliphatic heterocycles. The van der Waals surface area contributed by atoms with Crippen molar-refractivity contribution in [3.05, 3.63) is 93.2 Å². The SMILES string of the molecule is COc1ccc(CNC(=O)C(C)Sc2nc3cc(Cl)ccc3c(=O)n2-c2ccccc2C)cc1. The van der Waals surface area contributed by atoms with Crippen molar-refractivity contribution < 1.29 is 9.53 Å². The number of thioether (sulfide) groups is 1. The highest BCUT2D eigenvalue weighted by Gasteiger charge is 2.21. The summed E-state index contributed by atoms with van der Waals surface area (Å²) in [5.41, 5.74) is 2.91. The number of nitrogens with one attached hydrogen (secondary N) is 1. The van der Waals surface area contributed by atoms with Crippen molar-refractivity contribution in [2.24, 2.45) is 0 Å². The van der Waals surface area contributed by atoms with Gasteiger partial charge in [0, 0.05) is 11.6 Å². The molecule has 1 unspecified atom stereocenters. The van der Waals surface area contributed by atoms with Crippen LogP contribution in [0.5, 0.6) is 5.75 Å². The Morgan fingerprint density at radius 3 is 2.59 bits per heavy atom. The molecule has 8 heteroatoms. The van der Waals surface area contributed by atoms with Crippen molar-refractivity contribution in [3.8, 4) is 11.4 Å². The van der Waals surface area contributed by atoms with Gasteiger partial charge in [-0.2, -0.15) is 0 Å². The number of amides is 1. The average Bonchev–Trinajstić information content (AvgIpc) is 2.83. The quantitative estimate of drug-likeness (QED) is 0.284. The molecular formula is C26H24ClN3O3S. The third kappa shape index (κ3) is 5.11. The molecule has 3 aromatic carbocycles. The number of aryl methyl sites for hydroxylation is 1. The first-order chi connectivity index (χ1) is 16.4. The van der Waals surface area contributed by atoms with E-state index in [-0.39, 0.29) is 11.5 Å². The Hall–Kier alpha value is -3.29. The molecule has 1 heterocycles. The van der Waals surface area contributed by atoms with Gasteiger partial charge in [-0.25, -0.2) is 4.98 Å². The number of aromatic nitrogens is 2. The monoisotopic (exact) mass is 493 g/mol. The van der Waals surface area contributed by atoms with Gasteiger partial charge in [-0.1, -0.05) is 53.7 Å². The molecule has 4 rings (SSSR count). The van der Waals surface area contributed by atoms with Crippen LogP contribution in [0.1, 0.15) is 18.1 Å². The van der Waals surface area contributed by atoms with Crippen LogP contribution in [0.25, 0.3) is 16.6 Å². The van der Waals surface area contributed by atoms with E-state index in [9.17, 15) is 9.59 Å². The van der Waals surface area contributed by atoms with E-state index in [2.05, 4.69) is 5.32 Å². The Morgan fingerprint density at radius 1 is 1.15 bits per heavy atom. The molecule has 1 N–H and O–H groups in total. The molecule has 0 saturated carbocycles. The van der Waals surface area contributed by atoms with Crippen LogP contribution in [0.4, 0.5) is 0 Å². The average molecular weight is 494 g/mol. The van der Waals surface area contributed by atoms with Crippen LogP contribution in [-0.4, -0.2) is 27.8 Å². The number of carbonyl (C=O) groups is 1. The van der Waals surface area contributed by atoms with Crippen molar-refractivity contribution in [1.29, 1.82) is 0 Å². The van der Waals surface area contributed by atoms with Gasteiger partial charge in [-0.05, 0) is 61.4 Å². The van der Waals surface area contributed by atoms with Gasteiger partial charge in [-0.15, -0.1) is 0 Å². The Balaban J connectivity index is 1.64. The third-order valence-corrected chi connectivity index (χ3v) is 6.72. The Bertz CT molecular complexity index is 1400. The lowest BCUT2D eigenvalue weighted by atomic mass is 10.2. The first-order valence-corrected chi connectivity index (χ1v) is 12.0. The van der Waals surface area contributed by atoms with E-state index in [0.29, 0.717) is 27.6 Å². The first-order valence-electron chi connectivity index (χ1n) is 10.7. The summed E-state index contributed by atoms with van der Waals surface area (Å²) in [5, 5.41) is 3.85. The van der Waals surface area contributed by atoms with Crippen molar-refractivity contribution in [2.75, 3.05) is 7.11 Å². The van der Waals surface area contributed by atoms with E-state index in [0.717, 1.165) is 22.6 Å². The van der Waals surface area contributed by atoms with E-state index in [1.807, 2.05) is 55.5 Å². The summed E-state index contributed by atoms with van der Waals surface area (Å²) in [4.78, 5) is 31.1. The number of carbonyl (C=O) groups excluding carboxylic acids is 1. The molecule has 0 saturated heterocycles. The predicted molar refractivity (Wildman–Crippen MR) is 137 cm³/mol. The van der Waals surface area contributed by atoms with Crippen LogP contribution >= 0.6 is 23.4 Å². The molecule has 1 amide bonds. The Morgan fingerprint density at radius 2 is 1.88 bits per heavy atom. The molecule has 0 spiro atoms. The lowest BCUT2D eigenvalue weighted by molar-refractivity contribution is -0.120. The molecule has 0 aliphatic rings. The highest BCUT2D eigenvalue weighted by atomic mass is 35.5. The molecule has 1 atom stereocenters. The van der Waals surface area contributed by atoms with Crippen LogP contribution in [0.15, 0.2) is 76.7 Å². The van der Waals surface area contributed by atoms with E-state index in [1.54, 1.807) is 36.8 Å². The zero-order valence-corrected chi connectivity index (χ0v) is 20.6. The normalized spacial score (nSPS) is 11.9. The fourth-order valence-electron chi connectivity index (χ4n) is 3.53. The molecule has 0 bridgehead atoms. The minimum absolute atomic E-state index is 0.155. The molecule has 0 fully saturated rings. The summed E-state index contributed by atoms with van der Waals surface area (Å²) in [5.74, 6) is 0.605. The topological polar surface area (TPSA) is 73.2 Å². The molecule has 34 heavy (non-hydrogen) atoms. The van der Waals surface area contributed by atoms with E-state index >= 15 is 0 Å². The van der Waals surface area contributed by atoms with Gasteiger partial charge >= 0.3 is 0 Å². The minimum atomic E-state index is -0.489. The van der Waals surface area contributed by atoms with Crippen LogP contribution in [0, 0.1) is 6.92 Å². The second-order valence-electron chi connectivity index (χ2n) is 7.81. The van der Waals surface area contributed by atoms with Gasteiger partial charge in [0.1, 0.15) is 5.75 Å². The number of fused-ring (bicyclic) bond motifs is 1. The second-order valence-corrected chi connectivity index (χ2v) is 9.55.